The molecule has 0 radical (unpaired) electrons. The largest absolute Gasteiger partial charge is 0.456 e. The monoisotopic (exact) mass is 394 g/mol. The minimum absolute atomic E-state index is 0.0633. The zero-order valence-corrected chi connectivity index (χ0v) is 14.9. The lowest BCUT2D eigenvalue weighted by atomic mass is 10.1. The standard InChI is InChI=1S/C20H11ClN2O5/c21-13-7-5-12(6-8-13)19-22-16(20(24)28-19)11-14-9-10-18(27-14)15-3-1-2-4-17(15)23(25)26/h1-11H. The summed E-state index contributed by atoms with van der Waals surface area (Å²) in [6.07, 6.45) is 1.42. The van der Waals surface area contributed by atoms with Gasteiger partial charge in [-0.2, -0.15) is 0 Å². The first kappa shape index (κ1) is 17.7. The van der Waals surface area contributed by atoms with Gasteiger partial charge in [-0.3, -0.25) is 10.1 Å². The Balaban J connectivity index is 1.65. The number of aliphatic imine (C=N–C) groups is 1. The van der Waals surface area contributed by atoms with Crippen LogP contribution < -0.4 is 0 Å². The molecule has 0 bridgehead atoms. The van der Waals surface area contributed by atoms with E-state index in [0.717, 1.165) is 0 Å². The van der Waals surface area contributed by atoms with Gasteiger partial charge in [-0.25, -0.2) is 9.79 Å². The fourth-order valence-electron chi connectivity index (χ4n) is 2.68. The average molecular weight is 395 g/mol. The molecular formula is C20H11ClN2O5. The lowest BCUT2D eigenvalue weighted by Crippen LogP contribution is -2.05. The maximum atomic E-state index is 12.1. The quantitative estimate of drug-likeness (QED) is 0.273. The number of furan rings is 1. The summed E-state index contributed by atoms with van der Waals surface area (Å²) in [6.45, 7) is 0. The molecule has 8 heteroatoms. The van der Waals surface area contributed by atoms with Gasteiger partial charge in [-0.1, -0.05) is 23.7 Å². The molecule has 1 aliphatic rings. The number of esters is 1. The number of nitrogens with zero attached hydrogens (tertiary/aromatic N) is 2. The maximum absolute atomic E-state index is 12.1. The second kappa shape index (κ2) is 7.13. The van der Waals surface area contributed by atoms with Crippen LogP contribution >= 0.6 is 11.6 Å². The van der Waals surface area contributed by atoms with Crippen molar-refractivity contribution in [3.63, 3.8) is 0 Å². The van der Waals surface area contributed by atoms with Gasteiger partial charge in [0.05, 0.1) is 10.5 Å². The zero-order valence-electron chi connectivity index (χ0n) is 14.2. The third kappa shape index (κ3) is 3.43. The summed E-state index contributed by atoms with van der Waals surface area (Å²) in [6, 6.07) is 16.2. The van der Waals surface area contributed by atoms with Crippen LogP contribution in [0.1, 0.15) is 11.3 Å². The molecule has 138 valence electrons. The molecule has 0 spiro atoms. The first-order valence-electron chi connectivity index (χ1n) is 8.13. The smallest absolute Gasteiger partial charge is 0.363 e. The van der Waals surface area contributed by atoms with Crippen LogP contribution in [0.25, 0.3) is 17.4 Å². The summed E-state index contributed by atoms with van der Waals surface area (Å²) in [5.74, 6) is 0.181. The van der Waals surface area contributed by atoms with Gasteiger partial charge in [0.1, 0.15) is 11.5 Å². The SMILES string of the molecule is O=C1OC(c2ccc(Cl)cc2)=NC1=Cc1ccc(-c2ccccc2[N+](=O)[O-])o1. The fourth-order valence-corrected chi connectivity index (χ4v) is 2.80. The Labute approximate surface area is 163 Å². The minimum Gasteiger partial charge on any atom is -0.456 e. The molecule has 0 fully saturated rings. The van der Waals surface area contributed by atoms with Gasteiger partial charge in [0, 0.05) is 22.7 Å². The lowest BCUT2D eigenvalue weighted by molar-refractivity contribution is -0.384. The molecule has 4 rings (SSSR count). The van der Waals surface area contributed by atoms with E-state index in [1.165, 1.54) is 12.1 Å². The molecule has 0 N–H and O–H groups in total. The van der Waals surface area contributed by atoms with Crippen LogP contribution in [0.2, 0.25) is 5.02 Å². The molecular weight excluding hydrogens is 384 g/mol. The first-order chi connectivity index (χ1) is 13.5. The van der Waals surface area contributed by atoms with E-state index in [1.54, 1.807) is 54.6 Å². The molecule has 0 saturated carbocycles. The van der Waals surface area contributed by atoms with Crippen LogP contribution in [-0.4, -0.2) is 16.8 Å². The second-order valence-electron chi connectivity index (χ2n) is 5.82. The number of rotatable bonds is 4. The van der Waals surface area contributed by atoms with Crippen LogP contribution in [-0.2, 0) is 9.53 Å². The van der Waals surface area contributed by atoms with Gasteiger partial charge in [0.15, 0.2) is 5.70 Å². The third-order valence-corrected chi connectivity index (χ3v) is 4.24. The summed E-state index contributed by atoms with van der Waals surface area (Å²) < 4.78 is 10.8. The fraction of sp³-hybridized carbons (Fsp3) is 0. The van der Waals surface area contributed by atoms with E-state index in [4.69, 9.17) is 20.8 Å². The molecule has 0 amide bonds. The molecule has 1 aliphatic heterocycles. The molecule has 3 aromatic rings. The highest BCUT2D eigenvalue weighted by molar-refractivity contribution is 6.30. The molecule has 0 unspecified atom stereocenters. The van der Waals surface area contributed by atoms with Crippen LogP contribution in [0, 0.1) is 10.1 Å². The van der Waals surface area contributed by atoms with Crippen LogP contribution in [0.4, 0.5) is 5.69 Å². The van der Waals surface area contributed by atoms with Crippen molar-refractivity contribution in [1.82, 2.24) is 0 Å². The van der Waals surface area contributed by atoms with E-state index in [9.17, 15) is 14.9 Å². The number of ether oxygens (including phenoxy) is 1. The van der Waals surface area contributed by atoms with Crippen molar-refractivity contribution in [2.45, 2.75) is 0 Å². The number of hydrogen-bond acceptors (Lipinski definition) is 6. The van der Waals surface area contributed by atoms with Crippen molar-refractivity contribution in [2.75, 3.05) is 0 Å². The lowest BCUT2D eigenvalue weighted by Gasteiger charge is -1.98. The van der Waals surface area contributed by atoms with E-state index in [0.29, 0.717) is 27.7 Å². The number of hydrogen-bond donors (Lipinski definition) is 0. The van der Waals surface area contributed by atoms with Gasteiger partial charge < -0.3 is 9.15 Å². The van der Waals surface area contributed by atoms with Crippen molar-refractivity contribution in [3.05, 3.63) is 92.8 Å². The molecule has 0 atom stereocenters. The Morgan fingerprint density at radius 2 is 1.79 bits per heavy atom. The Morgan fingerprint density at radius 3 is 2.54 bits per heavy atom. The van der Waals surface area contributed by atoms with Crippen LogP contribution in [0.3, 0.4) is 0 Å². The summed E-state index contributed by atoms with van der Waals surface area (Å²) in [4.78, 5) is 27.0. The molecule has 1 aromatic heterocycles. The van der Waals surface area contributed by atoms with Gasteiger partial charge in [0.2, 0.25) is 5.90 Å². The van der Waals surface area contributed by atoms with E-state index in [-0.39, 0.29) is 17.3 Å². The van der Waals surface area contributed by atoms with Crippen molar-refractivity contribution in [3.8, 4) is 11.3 Å². The Hall–Kier alpha value is -3.71. The Kier molecular flexibility index (Phi) is 4.50. The average Bonchev–Trinajstić information content (AvgIpc) is 3.30. The van der Waals surface area contributed by atoms with E-state index >= 15 is 0 Å². The topological polar surface area (TPSA) is 94.9 Å². The number of nitro benzene ring substituents is 1. The van der Waals surface area contributed by atoms with Crippen LogP contribution in [0.15, 0.2) is 75.8 Å². The third-order valence-electron chi connectivity index (χ3n) is 3.98. The highest BCUT2D eigenvalue weighted by Crippen LogP contribution is 2.31. The Bertz CT molecular complexity index is 1150. The maximum Gasteiger partial charge on any atom is 0.363 e. The molecule has 28 heavy (non-hydrogen) atoms. The highest BCUT2D eigenvalue weighted by atomic mass is 35.5. The summed E-state index contributed by atoms with van der Waals surface area (Å²) >= 11 is 5.85. The number of cyclic esters (lactones) is 1. The van der Waals surface area contributed by atoms with Gasteiger partial charge in [0.25, 0.3) is 5.69 Å². The number of para-hydroxylation sites is 1. The predicted octanol–water partition coefficient (Wildman–Crippen LogP) is 4.85. The van der Waals surface area contributed by atoms with Gasteiger partial charge in [-0.05, 0) is 42.5 Å². The second-order valence-corrected chi connectivity index (χ2v) is 6.26. The molecule has 7 nitrogen and oxygen atoms in total. The summed E-state index contributed by atoms with van der Waals surface area (Å²) in [5, 5.41) is 11.7. The predicted molar refractivity (Wildman–Crippen MR) is 103 cm³/mol. The molecule has 0 saturated heterocycles. The van der Waals surface area contributed by atoms with Gasteiger partial charge in [-0.15, -0.1) is 0 Å². The van der Waals surface area contributed by atoms with E-state index in [2.05, 4.69) is 4.99 Å². The number of carbonyl (C=O) groups excluding carboxylic acids is 1. The number of benzene rings is 2. The summed E-state index contributed by atoms with van der Waals surface area (Å²) in [7, 11) is 0. The van der Waals surface area contributed by atoms with E-state index < -0.39 is 10.9 Å². The molecule has 2 heterocycles. The van der Waals surface area contributed by atoms with Crippen molar-refractivity contribution >= 4 is 35.2 Å². The Morgan fingerprint density at radius 1 is 1.04 bits per heavy atom. The van der Waals surface area contributed by atoms with Crippen molar-refractivity contribution in [1.29, 1.82) is 0 Å². The van der Waals surface area contributed by atoms with Crippen molar-refractivity contribution in [2.24, 2.45) is 4.99 Å². The van der Waals surface area contributed by atoms with Gasteiger partial charge >= 0.3 is 5.97 Å². The number of nitro groups is 1. The summed E-state index contributed by atoms with van der Waals surface area (Å²) in [5.41, 5.74) is 0.950. The highest BCUT2D eigenvalue weighted by Gasteiger charge is 2.25. The number of halogens is 1. The van der Waals surface area contributed by atoms with Crippen LogP contribution in [0.5, 0.6) is 0 Å². The normalized spacial score (nSPS) is 14.8. The molecule has 2 aromatic carbocycles. The van der Waals surface area contributed by atoms with E-state index in [1.807, 2.05) is 0 Å². The first-order valence-corrected chi connectivity index (χ1v) is 8.51. The van der Waals surface area contributed by atoms with Crippen molar-refractivity contribution < 1.29 is 18.9 Å². The number of carbonyl (C=O) groups is 1. The minimum atomic E-state index is -0.617. The molecule has 0 aliphatic carbocycles. The zero-order chi connectivity index (χ0) is 19.7.